The molecule has 30 heavy (non-hydrogen) atoms. The topological polar surface area (TPSA) is 61.7 Å². The van der Waals surface area contributed by atoms with Gasteiger partial charge in [0.25, 0.3) is 0 Å². The molecule has 0 saturated heterocycles. The van der Waals surface area contributed by atoms with Crippen LogP contribution in [0.3, 0.4) is 0 Å². The largest absolute Gasteiger partial charge is 0.545 e. The summed E-state index contributed by atoms with van der Waals surface area (Å²) in [5.41, 5.74) is 4.68. The lowest BCUT2D eigenvalue weighted by molar-refractivity contribution is -0.686. The summed E-state index contributed by atoms with van der Waals surface area (Å²) in [5, 5.41) is 15.6. The molecule has 0 unspecified atom stereocenters. The Bertz CT molecular complexity index is 1200. The summed E-state index contributed by atoms with van der Waals surface area (Å²) in [5.74, 6) is -1.15. The molecule has 1 aromatic heterocycles. The van der Waals surface area contributed by atoms with Crippen molar-refractivity contribution < 1.29 is 15.2 Å². The molecule has 0 amide bonds. The molecule has 4 rings (SSSR count). The van der Waals surface area contributed by atoms with Gasteiger partial charge in [0, 0.05) is 44.8 Å². The smallest absolute Gasteiger partial charge is 0.104 e. The van der Waals surface area contributed by atoms with Gasteiger partial charge in [0.1, 0.15) is 13.1 Å². The van der Waals surface area contributed by atoms with Gasteiger partial charge in [-0.3, -0.25) is 0 Å². The predicted molar refractivity (Wildman–Crippen MR) is 118 cm³/mol. The van der Waals surface area contributed by atoms with Crippen LogP contribution in [0.15, 0.2) is 72.9 Å². The fourth-order valence-corrected chi connectivity index (χ4v) is 4.09. The normalized spacial score (nSPS) is 11.1. The lowest BCUT2D eigenvalue weighted by Gasteiger charge is -2.08. The summed E-state index contributed by atoms with van der Waals surface area (Å²) >= 11 is 12.4. The number of carbonyl (C=O) groups is 1. The molecule has 0 radical (unpaired) electrons. The number of halogens is 2. The molecule has 152 valence electrons. The van der Waals surface area contributed by atoms with Crippen LogP contribution in [0.25, 0.3) is 10.9 Å². The highest BCUT2D eigenvalue weighted by atomic mass is 35.5. The van der Waals surface area contributed by atoms with Gasteiger partial charge >= 0.3 is 0 Å². The Morgan fingerprint density at radius 2 is 1.70 bits per heavy atom. The van der Waals surface area contributed by atoms with Crippen molar-refractivity contribution >= 4 is 40.1 Å². The Morgan fingerprint density at radius 1 is 0.933 bits per heavy atom. The fourth-order valence-electron chi connectivity index (χ4n) is 3.62. The number of rotatable bonds is 7. The number of carbonyl (C=O) groups excluding carboxylic acids is 1. The van der Waals surface area contributed by atoms with Crippen molar-refractivity contribution in [3.63, 3.8) is 0 Å². The number of para-hydroxylation sites is 1. The van der Waals surface area contributed by atoms with Crippen LogP contribution >= 0.6 is 23.2 Å². The minimum atomic E-state index is -1.15. The molecule has 1 heterocycles. The Labute approximate surface area is 184 Å². The standard InChI is InChI=1S/C24H20Cl2N2O2/c25-20-10-9-18(22(26)11-20)14-28-15-19(21-3-1-2-4-23(21)28)13-27-12-16-5-7-17(8-6-16)24(29)30/h1-11,15,27H,12-14H2,(H,29,30). The second-order valence-corrected chi connectivity index (χ2v) is 8.06. The summed E-state index contributed by atoms with van der Waals surface area (Å²) in [4.78, 5) is 10.9. The number of carboxylic acids is 1. The molecule has 0 aliphatic heterocycles. The van der Waals surface area contributed by atoms with Gasteiger partial charge in [-0.1, -0.05) is 71.7 Å². The Hall–Kier alpha value is -2.79. The molecule has 6 heteroatoms. The van der Waals surface area contributed by atoms with Crippen molar-refractivity contribution in [1.82, 2.24) is 4.57 Å². The van der Waals surface area contributed by atoms with E-state index >= 15 is 0 Å². The highest BCUT2D eigenvalue weighted by molar-refractivity contribution is 6.35. The van der Waals surface area contributed by atoms with Crippen LogP contribution in [0, 0.1) is 0 Å². The number of carboxylic acid groups (broad SMARTS) is 1. The lowest BCUT2D eigenvalue weighted by atomic mass is 10.1. The first-order valence-electron chi connectivity index (χ1n) is 9.64. The molecular formula is C24H20Cl2N2O2. The van der Waals surface area contributed by atoms with Crippen molar-refractivity contribution in [1.29, 1.82) is 0 Å². The Kier molecular flexibility index (Phi) is 6.09. The maximum Gasteiger partial charge on any atom is 0.104 e. The summed E-state index contributed by atoms with van der Waals surface area (Å²) in [6.45, 7) is 2.24. The number of hydrogen-bond donors (Lipinski definition) is 1. The summed E-state index contributed by atoms with van der Waals surface area (Å²) in [7, 11) is 0. The van der Waals surface area contributed by atoms with E-state index in [2.05, 4.69) is 28.2 Å². The number of hydrogen-bond acceptors (Lipinski definition) is 2. The molecule has 0 spiro atoms. The van der Waals surface area contributed by atoms with E-state index in [1.54, 1.807) is 18.2 Å². The molecule has 0 atom stereocenters. The minimum absolute atomic E-state index is 0.197. The monoisotopic (exact) mass is 438 g/mol. The van der Waals surface area contributed by atoms with E-state index < -0.39 is 5.97 Å². The number of fused-ring (bicyclic) bond motifs is 1. The molecule has 0 aliphatic rings. The molecule has 0 saturated carbocycles. The first kappa shape index (κ1) is 20.5. The quantitative estimate of drug-likeness (QED) is 0.478. The average Bonchev–Trinajstić information content (AvgIpc) is 3.08. The fraction of sp³-hybridized carbons (Fsp3) is 0.125. The average molecular weight is 439 g/mol. The summed E-state index contributed by atoms with van der Waals surface area (Å²) in [6.07, 6.45) is 2.17. The molecule has 0 bridgehead atoms. The minimum Gasteiger partial charge on any atom is -0.545 e. The van der Waals surface area contributed by atoms with Gasteiger partial charge in [-0.05, 0) is 29.3 Å². The Balaban J connectivity index is 1.51. The van der Waals surface area contributed by atoms with Crippen LogP contribution in [-0.4, -0.2) is 10.5 Å². The lowest BCUT2D eigenvalue weighted by Crippen LogP contribution is -2.80. The second kappa shape index (κ2) is 8.92. The van der Waals surface area contributed by atoms with Crippen molar-refractivity contribution in [3.05, 3.63) is 105 Å². The third kappa shape index (κ3) is 4.51. The molecule has 0 fully saturated rings. The number of nitrogens with zero attached hydrogens (tertiary/aromatic N) is 1. The number of aromatic nitrogens is 1. The highest BCUT2D eigenvalue weighted by Gasteiger charge is 2.11. The molecule has 3 aromatic carbocycles. The molecular weight excluding hydrogens is 419 g/mol. The number of benzene rings is 3. The zero-order chi connectivity index (χ0) is 21.1. The van der Waals surface area contributed by atoms with Crippen LogP contribution in [0.2, 0.25) is 10.0 Å². The number of nitrogens with two attached hydrogens (primary N) is 1. The van der Waals surface area contributed by atoms with Gasteiger partial charge in [0.2, 0.25) is 0 Å². The van der Waals surface area contributed by atoms with Crippen molar-refractivity contribution in [2.75, 3.05) is 0 Å². The van der Waals surface area contributed by atoms with Crippen LogP contribution in [-0.2, 0) is 19.6 Å². The molecule has 4 nitrogen and oxygen atoms in total. The van der Waals surface area contributed by atoms with Crippen LogP contribution in [0.1, 0.15) is 27.0 Å². The van der Waals surface area contributed by atoms with E-state index in [1.807, 2.05) is 36.4 Å². The number of quaternary nitrogens is 1. The molecule has 4 aromatic rings. The van der Waals surface area contributed by atoms with Crippen molar-refractivity contribution in [2.45, 2.75) is 19.6 Å². The van der Waals surface area contributed by atoms with Gasteiger partial charge < -0.3 is 19.8 Å². The van der Waals surface area contributed by atoms with E-state index in [-0.39, 0.29) is 5.56 Å². The van der Waals surface area contributed by atoms with Gasteiger partial charge in [-0.2, -0.15) is 0 Å². The van der Waals surface area contributed by atoms with Crippen LogP contribution in [0.4, 0.5) is 0 Å². The molecule has 0 aliphatic carbocycles. The highest BCUT2D eigenvalue weighted by Crippen LogP contribution is 2.26. The van der Waals surface area contributed by atoms with Gasteiger partial charge in [-0.25, -0.2) is 0 Å². The maximum absolute atomic E-state index is 10.9. The van der Waals surface area contributed by atoms with Gasteiger partial charge in [0.05, 0.1) is 5.97 Å². The zero-order valence-electron chi connectivity index (χ0n) is 16.1. The van der Waals surface area contributed by atoms with Gasteiger partial charge in [0.15, 0.2) is 0 Å². The maximum atomic E-state index is 10.9. The molecule has 2 N–H and O–H groups in total. The third-order valence-corrected chi connectivity index (χ3v) is 5.75. The van der Waals surface area contributed by atoms with Gasteiger partial charge in [-0.15, -0.1) is 0 Å². The van der Waals surface area contributed by atoms with E-state index in [9.17, 15) is 9.90 Å². The van der Waals surface area contributed by atoms with Crippen LogP contribution < -0.4 is 10.4 Å². The SMILES string of the molecule is O=C([O-])c1ccc(C[NH2+]Cc2cn(Cc3ccc(Cl)cc3Cl)c3ccccc23)cc1. The second-order valence-electron chi connectivity index (χ2n) is 7.22. The van der Waals surface area contributed by atoms with Crippen molar-refractivity contribution in [3.8, 4) is 0 Å². The van der Waals surface area contributed by atoms with Crippen molar-refractivity contribution in [2.24, 2.45) is 0 Å². The van der Waals surface area contributed by atoms with E-state index in [0.717, 1.165) is 29.7 Å². The Morgan fingerprint density at radius 3 is 2.43 bits per heavy atom. The summed E-state index contributed by atoms with van der Waals surface area (Å²) in [6, 6.07) is 20.7. The first-order chi connectivity index (χ1) is 14.5. The van der Waals surface area contributed by atoms with Crippen LogP contribution in [0.5, 0.6) is 0 Å². The number of aromatic carboxylic acids is 1. The predicted octanol–water partition coefficient (Wildman–Crippen LogP) is 3.62. The van der Waals surface area contributed by atoms with E-state index in [4.69, 9.17) is 23.2 Å². The van der Waals surface area contributed by atoms with E-state index in [0.29, 0.717) is 16.6 Å². The third-order valence-electron chi connectivity index (χ3n) is 5.16. The first-order valence-corrected chi connectivity index (χ1v) is 10.4. The van der Waals surface area contributed by atoms with E-state index in [1.165, 1.54) is 10.9 Å². The zero-order valence-corrected chi connectivity index (χ0v) is 17.7. The summed E-state index contributed by atoms with van der Waals surface area (Å²) < 4.78 is 2.21.